The number of hydrogen-bond acceptors (Lipinski definition) is 2. The molecule has 0 spiro atoms. The lowest BCUT2D eigenvalue weighted by Gasteiger charge is -2.13. The van der Waals surface area contributed by atoms with Gasteiger partial charge in [-0.3, -0.25) is 0 Å². The van der Waals surface area contributed by atoms with Crippen molar-refractivity contribution in [3.63, 3.8) is 0 Å². The van der Waals surface area contributed by atoms with E-state index in [1.807, 2.05) is 0 Å². The molecule has 0 aromatic rings. The first-order chi connectivity index (χ1) is 4.62. The minimum absolute atomic E-state index is 0.0582. The van der Waals surface area contributed by atoms with Crippen LogP contribution in [0.15, 0.2) is 0 Å². The van der Waals surface area contributed by atoms with Crippen molar-refractivity contribution in [3.05, 3.63) is 0 Å². The van der Waals surface area contributed by atoms with Gasteiger partial charge in [-0.15, -0.1) is 0 Å². The fourth-order valence-electron chi connectivity index (χ4n) is 0.376. The quantitative estimate of drug-likeness (QED) is 0.560. The van der Waals surface area contributed by atoms with E-state index in [1.165, 1.54) is 14.0 Å². The lowest BCUT2D eigenvalue weighted by molar-refractivity contribution is -0.243. The van der Waals surface area contributed by atoms with Gasteiger partial charge in [0.1, 0.15) is 0 Å². The highest BCUT2D eigenvalue weighted by atomic mass is 19.3. The fourth-order valence-corrected chi connectivity index (χ4v) is 0.376. The first kappa shape index (κ1) is 9.78. The topological polar surface area (TPSA) is 18.5 Å². The molecule has 2 nitrogen and oxygen atoms in total. The molecule has 4 heteroatoms. The van der Waals surface area contributed by atoms with Crippen LogP contribution in [0.1, 0.15) is 13.3 Å². The molecule has 0 heterocycles. The summed E-state index contributed by atoms with van der Waals surface area (Å²) >= 11 is 0. The van der Waals surface area contributed by atoms with E-state index < -0.39 is 6.11 Å². The zero-order valence-electron chi connectivity index (χ0n) is 6.19. The molecule has 0 aliphatic carbocycles. The molecule has 0 aromatic carbocycles. The van der Waals surface area contributed by atoms with Crippen molar-refractivity contribution >= 4 is 0 Å². The maximum atomic E-state index is 12.2. The summed E-state index contributed by atoms with van der Waals surface area (Å²) in [6.45, 7) is 1.51. The van der Waals surface area contributed by atoms with Gasteiger partial charge < -0.3 is 9.47 Å². The van der Waals surface area contributed by atoms with E-state index in [0.29, 0.717) is 0 Å². The first-order valence-corrected chi connectivity index (χ1v) is 3.13. The largest absolute Gasteiger partial charge is 0.382 e. The van der Waals surface area contributed by atoms with Gasteiger partial charge in [0.25, 0.3) is 0 Å². The van der Waals surface area contributed by atoms with E-state index in [0.717, 1.165) is 0 Å². The van der Waals surface area contributed by atoms with Crippen molar-refractivity contribution in [2.45, 2.75) is 19.5 Å². The fraction of sp³-hybridized carbons (Fsp3) is 1.00. The van der Waals surface area contributed by atoms with Crippen LogP contribution in [-0.2, 0) is 9.47 Å². The van der Waals surface area contributed by atoms with Gasteiger partial charge in [0.2, 0.25) is 0 Å². The molecule has 0 saturated carbocycles. The average Bonchev–Trinajstić information content (AvgIpc) is 1.89. The molecule has 0 saturated heterocycles. The number of alkyl halides is 2. The Labute approximate surface area is 59.1 Å². The Bertz CT molecular complexity index is 85.8. The molecule has 0 fully saturated rings. The number of methoxy groups -OCH3 is 1. The van der Waals surface area contributed by atoms with Crippen molar-refractivity contribution in [3.8, 4) is 0 Å². The van der Waals surface area contributed by atoms with Crippen molar-refractivity contribution < 1.29 is 18.3 Å². The van der Waals surface area contributed by atoms with Crippen molar-refractivity contribution in [2.75, 3.05) is 20.3 Å². The number of hydrogen-bond donors (Lipinski definition) is 0. The molecule has 0 unspecified atom stereocenters. The van der Waals surface area contributed by atoms with Gasteiger partial charge in [0.05, 0.1) is 13.2 Å². The normalized spacial score (nSPS) is 12.0. The summed E-state index contributed by atoms with van der Waals surface area (Å²) in [4.78, 5) is 0. The van der Waals surface area contributed by atoms with Crippen molar-refractivity contribution in [1.29, 1.82) is 0 Å². The van der Waals surface area contributed by atoms with Gasteiger partial charge >= 0.3 is 6.11 Å². The molecule has 0 rings (SSSR count). The molecule has 0 atom stereocenters. The van der Waals surface area contributed by atoms with Crippen LogP contribution < -0.4 is 0 Å². The van der Waals surface area contributed by atoms with E-state index in [4.69, 9.17) is 0 Å². The molecule has 62 valence electrons. The highest BCUT2D eigenvalue weighted by Crippen LogP contribution is 2.18. The van der Waals surface area contributed by atoms with Crippen LogP contribution >= 0.6 is 0 Å². The second-order valence-corrected chi connectivity index (χ2v) is 1.83. The summed E-state index contributed by atoms with van der Waals surface area (Å²) in [6, 6.07) is 0. The Balaban J connectivity index is 3.28. The molecular formula is C6H12F2O2. The Morgan fingerprint density at radius 2 is 1.90 bits per heavy atom. The Morgan fingerprint density at radius 3 is 2.30 bits per heavy atom. The third kappa shape index (κ3) is 4.64. The molecule has 10 heavy (non-hydrogen) atoms. The predicted molar refractivity (Wildman–Crippen MR) is 33.1 cm³/mol. The number of ether oxygens (including phenoxy) is 2. The average molecular weight is 154 g/mol. The van der Waals surface area contributed by atoms with Crippen LogP contribution in [0.2, 0.25) is 0 Å². The zero-order chi connectivity index (χ0) is 8.04. The molecule has 0 aliphatic heterocycles. The molecule has 0 amide bonds. The lowest BCUT2D eigenvalue weighted by Crippen LogP contribution is -2.21. The summed E-state index contributed by atoms with van der Waals surface area (Å²) in [5, 5.41) is 0. The monoisotopic (exact) mass is 154 g/mol. The predicted octanol–water partition coefficient (Wildman–Crippen LogP) is 1.65. The van der Waals surface area contributed by atoms with Crippen LogP contribution in [0, 0.1) is 0 Å². The maximum Gasteiger partial charge on any atom is 0.355 e. The Kier molecular flexibility index (Phi) is 4.47. The van der Waals surface area contributed by atoms with E-state index in [1.54, 1.807) is 0 Å². The minimum atomic E-state index is -2.99. The third-order valence-corrected chi connectivity index (χ3v) is 1.01. The summed E-state index contributed by atoms with van der Waals surface area (Å²) < 4.78 is 33.1. The highest BCUT2D eigenvalue weighted by molar-refractivity contribution is 4.46. The molecule has 0 N–H and O–H groups in total. The molecule has 0 aromatic heterocycles. The van der Waals surface area contributed by atoms with Crippen LogP contribution in [0.4, 0.5) is 8.78 Å². The minimum Gasteiger partial charge on any atom is -0.382 e. The van der Waals surface area contributed by atoms with Gasteiger partial charge in [-0.25, -0.2) is 0 Å². The third-order valence-electron chi connectivity index (χ3n) is 1.01. The van der Waals surface area contributed by atoms with E-state index in [2.05, 4.69) is 9.47 Å². The first-order valence-electron chi connectivity index (χ1n) is 3.13. The van der Waals surface area contributed by atoms with E-state index in [-0.39, 0.29) is 19.6 Å². The van der Waals surface area contributed by atoms with Gasteiger partial charge in [0, 0.05) is 13.5 Å². The van der Waals surface area contributed by atoms with Gasteiger partial charge in [0.15, 0.2) is 0 Å². The number of halogens is 2. The van der Waals surface area contributed by atoms with Crippen LogP contribution in [-0.4, -0.2) is 26.4 Å². The molecule has 0 bridgehead atoms. The SMILES string of the molecule is CCC(F)(F)OCCOC. The van der Waals surface area contributed by atoms with Crippen LogP contribution in [0.3, 0.4) is 0 Å². The lowest BCUT2D eigenvalue weighted by atomic mass is 10.5. The molecular weight excluding hydrogens is 142 g/mol. The van der Waals surface area contributed by atoms with Gasteiger partial charge in [-0.2, -0.15) is 8.78 Å². The Hall–Kier alpha value is -0.220. The van der Waals surface area contributed by atoms with E-state index in [9.17, 15) is 8.78 Å². The van der Waals surface area contributed by atoms with Gasteiger partial charge in [-0.05, 0) is 0 Å². The molecule has 0 radical (unpaired) electrons. The van der Waals surface area contributed by atoms with Crippen molar-refractivity contribution in [2.24, 2.45) is 0 Å². The summed E-state index contributed by atoms with van der Waals surface area (Å²) in [5.41, 5.74) is 0. The number of rotatable bonds is 5. The van der Waals surface area contributed by atoms with Crippen LogP contribution in [0.25, 0.3) is 0 Å². The summed E-state index contributed by atoms with van der Waals surface area (Å²) in [6.07, 6.45) is -3.28. The summed E-state index contributed by atoms with van der Waals surface area (Å²) in [7, 11) is 1.44. The van der Waals surface area contributed by atoms with E-state index >= 15 is 0 Å². The zero-order valence-corrected chi connectivity index (χ0v) is 6.19. The maximum absolute atomic E-state index is 12.2. The summed E-state index contributed by atoms with van der Waals surface area (Å²) in [5.74, 6) is 0. The van der Waals surface area contributed by atoms with Gasteiger partial charge in [-0.1, -0.05) is 6.92 Å². The standard InChI is InChI=1S/C6H12F2O2/c1-3-6(7,8)10-5-4-9-2/h3-5H2,1-2H3. The highest BCUT2D eigenvalue weighted by Gasteiger charge is 2.26. The van der Waals surface area contributed by atoms with Crippen LogP contribution in [0.5, 0.6) is 0 Å². The Morgan fingerprint density at radius 1 is 1.30 bits per heavy atom. The van der Waals surface area contributed by atoms with Crippen molar-refractivity contribution in [1.82, 2.24) is 0 Å². The molecule has 0 aliphatic rings. The second-order valence-electron chi connectivity index (χ2n) is 1.83. The second kappa shape index (κ2) is 4.57. The smallest absolute Gasteiger partial charge is 0.355 e.